The highest BCUT2D eigenvalue weighted by Crippen LogP contribution is 2.28. The number of benzene rings is 1. The fourth-order valence-electron chi connectivity index (χ4n) is 0.839. The Balaban J connectivity index is 2.94. The standard InChI is InChI=1S/C7H10N2O2S3/c1-12-13-6-2-4-7(5-3-6)14(10,11)9-8/h2-5,9H,8H2,1H3. The van der Waals surface area contributed by atoms with Crippen LogP contribution in [0, 0.1) is 0 Å². The first kappa shape index (κ1) is 11.9. The Hall–Kier alpha value is -0.210. The Morgan fingerprint density at radius 3 is 2.29 bits per heavy atom. The van der Waals surface area contributed by atoms with Crippen LogP contribution in [-0.4, -0.2) is 14.7 Å². The number of nitrogens with one attached hydrogen (secondary N) is 1. The summed E-state index contributed by atoms with van der Waals surface area (Å²) in [5.74, 6) is 4.89. The monoisotopic (exact) mass is 250 g/mol. The maximum absolute atomic E-state index is 11.2. The molecule has 1 aromatic rings. The summed E-state index contributed by atoms with van der Waals surface area (Å²) in [5, 5.41) is 0. The van der Waals surface area contributed by atoms with E-state index in [2.05, 4.69) is 0 Å². The van der Waals surface area contributed by atoms with Crippen molar-refractivity contribution in [1.82, 2.24) is 4.83 Å². The maximum Gasteiger partial charge on any atom is 0.253 e. The number of hydrazine groups is 1. The van der Waals surface area contributed by atoms with E-state index >= 15 is 0 Å². The third kappa shape index (κ3) is 2.89. The van der Waals surface area contributed by atoms with Gasteiger partial charge in [0, 0.05) is 4.90 Å². The van der Waals surface area contributed by atoms with E-state index in [9.17, 15) is 8.42 Å². The van der Waals surface area contributed by atoms with Gasteiger partial charge in [-0.15, -0.1) is 0 Å². The molecule has 1 rings (SSSR count). The van der Waals surface area contributed by atoms with E-state index in [1.54, 1.807) is 38.6 Å². The van der Waals surface area contributed by atoms with Crippen LogP contribution in [0.5, 0.6) is 0 Å². The largest absolute Gasteiger partial charge is 0.257 e. The third-order valence-electron chi connectivity index (χ3n) is 1.47. The van der Waals surface area contributed by atoms with Crippen LogP contribution in [0.25, 0.3) is 0 Å². The van der Waals surface area contributed by atoms with Crippen LogP contribution >= 0.6 is 21.6 Å². The van der Waals surface area contributed by atoms with Crippen molar-refractivity contribution in [3.05, 3.63) is 24.3 Å². The van der Waals surface area contributed by atoms with Crippen molar-refractivity contribution in [2.24, 2.45) is 5.84 Å². The highest BCUT2D eigenvalue weighted by molar-refractivity contribution is 8.76. The molecule has 0 fully saturated rings. The van der Waals surface area contributed by atoms with Gasteiger partial charge in [0.15, 0.2) is 0 Å². The maximum atomic E-state index is 11.2. The van der Waals surface area contributed by atoms with Crippen LogP contribution in [0.4, 0.5) is 0 Å². The van der Waals surface area contributed by atoms with Crippen molar-refractivity contribution in [2.75, 3.05) is 6.26 Å². The normalized spacial score (nSPS) is 11.6. The quantitative estimate of drug-likeness (QED) is 0.477. The number of nitrogens with two attached hydrogens (primary N) is 1. The fourth-order valence-corrected chi connectivity index (χ4v) is 2.82. The summed E-state index contributed by atoms with van der Waals surface area (Å²) in [6, 6.07) is 6.53. The molecule has 4 nitrogen and oxygen atoms in total. The van der Waals surface area contributed by atoms with Crippen LogP contribution in [-0.2, 0) is 10.0 Å². The molecule has 0 atom stereocenters. The van der Waals surface area contributed by atoms with Gasteiger partial charge in [0.1, 0.15) is 0 Å². The summed E-state index contributed by atoms with van der Waals surface area (Å²) in [7, 11) is -0.345. The van der Waals surface area contributed by atoms with E-state index in [0.717, 1.165) is 4.90 Å². The van der Waals surface area contributed by atoms with E-state index in [-0.39, 0.29) is 4.90 Å². The minimum atomic E-state index is -3.52. The molecule has 0 heterocycles. The molecule has 0 unspecified atom stereocenters. The van der Waals surface area contributed by atoms with Gasteiger partial charge in [0.25, 0.3) is 10.0 Å². The van der Waals surface area contributed by atoms with E-state index < -0.39 is 10.0 Å². The third-order valence-corrected chi connectivity index (χ3v) is 4.38. The smallest absolute Gasteiger partial charge is 0.253 e. The molecule has 78 valence electrons. The second-order valence-corrected chi connectivity index (χ2v) is 6.53. The number of hydrogen-bond acceptors (Lipinski definition) is 5. The summed E-state index contributed by atoms with van der Waals surface area (Å²) < 4.78 is 22.4. The Kier molecular flexibility index (Phi) is 4.27. The van der Waals surface area contributed by atoms with Gasteiger partial charge in [-0.3, -0.25) is 5.84 Å². The van der Waals surface area contributed by atoms with Gasteiger partial charge < -0.3 is 0 Å². The zero-order valence-corrected chi connectivity index (χ0v) is 9.88. The lowest BCUT2D eigenvalue weighted by Crippen LogP contribution is -2.30. The van der Waals surface area contributed by atoms with Crippen molar-refractivity contribution < 1.29 is 8.42 Å². The predicted molar refractivity (Wildman–Crippen MR) is 60.3 cm³/mol. The van der Waals surface area contributed by atoms with E-state index in [1.807, 2.05) is 6.26 Å². The Morgan fingerprint density at radius 1 is 1.29 bits per heavy atom. The molecule has 1 aromatic carbocycles. The molecule has 0 radical (unpaired) electrons. The summed E-state index contributed by atoms with van der Waals surface area (Å²) in [4.78, 5) is 2.95. The second-order valence-electron chi connectivity index (χ2n) is 2.34. The van der Waals surface area contributed by atoms with Crippen molar-refractivity contribution in [3.8, 4) is 0 Å². The number of hydrogen-bond donors (Lipinski definition) is 2. The Morgan fingerprint density at radius 2 is 1.86 bits per heavy atom. The average molecular weight is 250 g/mol. The molecule has 14 heavy (non-hydrogen) atoms. The molecule has 0 aliphatic carbocycles. The molecule has 0 bridgehead atoms. The lowest BCUT2D eigenvalue weighted by molar-refractivity contribution is 0.584. The minimum absolute atomic E-state index is 0.172. The van der Waals surface area contributed by atoms with Crippen LogP contribution < -0.4 is 10.7 Å². The van der Waals surface area contributed by atoms with Crippen LogP contribution in [0.2, 0.25) is 0 Å². The minimum Gasteiger partial charge on any atom is -0.257 e. The van der Waals surface area contributed by atoms with E-state index in [4.69, 9.17) is 5.84 Å². The predicted octanol–water partition coefficient (Wildman–Crippen LogP) is 1.21. The van der Waals surface area contributed by atoms with Gasteiger partial charge in [-0.25, -0.2) is 8.42 Å². The zero-order valence-electron chi connectivity index (χ0n) is 7.43. The molecular weight excluding hydrogens is 240 g/mol. The van der Waals surface area contributed by atoms with Crippen LogP contribution in [0.3, 0.4) is 0 Å². The second kappa shape index (κ2) is 5.04. The molecule has 0 amide bonds. The van der Waals surface area contributed by atoms with E-state index in [0.29, 0.717) is 0 Å². The molecule has 0 saturated heterocycles. The van der Waals surface area contributed by atoms with Crippen molar-refractivity contribution in [2.45, 2.75) is 9.79 Å². The molecule has 0 saturated carbocycles. The summed E-state index contributed by atoms with van der Waals surface area (Å²) in [6.45, 7) is 0. The first-order chi connectivity index (χ1) is 6.60. The van der Waals surface area contributed by atoms with Crippen molar-refractivity contribution in [1.29, 1.82) is 0 Å². The SMILES string of the molecule is CSSc1ccc(S(=O)(=O)NN)cc1. The molecule has 3 N–H and O–H groups in total. The number of sulfonamides is 1. The molecule has 0 aliphatic heterocycles. The molecule has 0 aromatic heterocycles. The topological polar surface area (TPSA) is 72.2 Å². The lowest BCUT2D eigenvalue weighted by Gasteiger charge is -2.02. The molecule has 0 aliphatic rings. The van der Waals surface area contributed by atoms with Crippen molar-refractivity contribution >= 4 is 31.6 Å². The summed E-state index contributed by atoms with van der Waals surface area (Å²) in [5.41, 5.74) is 0. The van der Waals surface area contributed by atoms with Gasteiger partial charge >= 0.3 is 0 Å². The first-order valence-corrected chi connectivity index (χ1v) is 7.67. The van der Waals surface area contributed by atoms with Gasteiger partial charge in [-0.2, -0.15) is 4.83 Å². The Bertz CT molecular complexity index is 388. The van der Waals surface area contributed by atoms with Gasteiger partial charge in [-0.05, 0) is 30.5 Å². The van der Waals surface area contributed by atoms with Gasteiger partial charge in [0.05, 0.1) is 4.90 Å². The van der Waals surface area contributed by atoms with Gasteiger partial charge in [-0.1, -0.05) is 21.6 Å². The van der Waals surface area contributed by atoms with Crippen molar-refractivity contribution in [3.63, 3.8) is 0 Å². The van der Waals surface area contributed by atoms with Crippen LogP contribution in [0.15, 0.2) is 34.1 Å². The van der Waals surface area contributed by atoms with Gasteiger partial charge in [0.2, 0.25) is 0 Å². The fraction of sp³-hybridized carbons (Fsp3) is 0.143. The first-order valence-electron chi connectivity index (χ1n) is 3.63. The van der Waals surface area contributed by atoms with Crippen LogP contribution in [0.1, 0.15) is 0 Å². The van der Waals surface area contributed by atoms with E-state index in [1.165, 1.54) is 12.1 Å². The summed E-state index contributed by atoms with van der Waals surface area (Å²) in [6.07, 6.45) is 1.96. The summed E-state index contributed by atoms with van der Waals surface area (Å²) >= 11 is 0. The highest BCUT2D eigenvalue weighted by atomic mass is 33.1. The Labute approximate surface area is 91.1 Å². The highest BCUT2D eigenvalue weighted by Gasteiger charge is 2.10. The number of rotatable bonds is 4. The zero-order chi connectivity index (χ0) is 10.6. The average Bonchev–Trinajstić information content (AvgIpc) is 2.19. The molecule has 0 spiro atoms. The lowest BCUT2D eigenvalue weighted by atomic mass is 10.4. The molecular formula is C7H10N2O2S3. The molecule has 7 heteroatoms.